The van der Waals surface area contributed by atoms with Gasteiger partial charge in [-0.15, -0.1) is 11.8 Å². The number of carbonyl (C=O) groups excluding carboxylic acids is 3. The lowest BCUT2D eigenvalue weighted by molar-refractivity contribution is -0.151. The molecule has 8 rings (SSSR count). The summed E-state index contributed by atoms with van der Waals surface area (Å²) in [5.41, 5.74) is 2.55. The summed E-state index contributed by atoms with van der Waals surface area (Å²) in [7, 11) is 0. The number of allylic oxidation sites excluding steroid dienone is 4. The van der Waals surface area contributed by atoms with Crippen molar-refractivity contribution in [2.24, 2.45) is 11.8 Å². The molecule has 3 atom stereocenters. The average molecular weight is 897 g/mol. The number of benzene rings is 3. The molecule has 2 amide bonds. The lowest BCUT2D eigenvalue weighted by Gasteiger charge is -2.44. The molecule has 0 unspecified atom stereocenters. The molecule has 10 nitrogen and oxygen atoms in total. The highest BCUT2D eigenvalue weighted by molar-refractivity contribution is 8.00. The molecule has 3 aromatic rings. The Kier molecular flexibility index (Phi) is 15.0. The SMILES string of the molecule is C=C/C(Cl)=C(C[C@H](OC(=O)[C@@H]1SCCN1C(=O)c1cccc(CN(C(=O)O[C@H]2CN3CCC2CC3)c2ccccc2)c1)c1ccc(OC(F)F)c(OCC2CC2)c1)\C(Cl)=C/C. The van der Waals surface area contributed by atoms with Crippen LogP contribution in [0.25, 0.3) is 0 Å². The minimum absolute atomic E-state index is 0.00965. The number of rotatable bonds is 17. The van der Waals surface area contributed by atoms with E-state index in [1.165, 1.54) is 40.9 Å². The Morgan fingerprint density at radius 3 is 2.41 bits per heavy atom. The highest BCUT2D eigenvalue weighted by Crippen LogP contribution is 2.40. The number of amides is 2. The Morgan fingerprint density at radius 2 is 1.74 bits per heavy atom. The summed E-state index contributed by atoms with van der Waals surface area (Å²) < 4.78 is 49.9. The van der Waals surface area contributed by atoms with Crippen LogP contribution in [0.1, 0.15) is 66.6 Å². The molecule has 4 saturated heterocycles. The maximum Gasteiger partial charge on any atom is 0.414 e. The molecule has 5 fully saturated rings. The van der Waals surface area contributed by atoms with Crippen LogP contribution in [0.4, 0.5) is 19.3 Å². The van der Waals surface area contributed by atoms with Gasteiger partial charge in [-0.2, -0.15) is 8.78 Å². The highest BCUT2D eigenvalue weighted by atomic mass is 35.5. The first-order valence-corrected chi connectivity index (χ1v) is 22.3. The van der Waals surface area contributed by atoms with Gasteiger partial charge in [0.1, 0.15) is 12.2 Å². The fraction of sp³-hybridized carbons (Fsp3) is 0.413. The lowest BCUT2D eigenvalue weighted by Crippen LogP contribution is -2.53. The zero-order valence-electron chi connectivity index (χ0n) is 33.9. The minimum atomic E-state index is -3.08. The van der Waals surface area contributed by atoms with E-state index in [-0.39, 0.29) is 48.1 Å². The number of thioether (sulfide) groups is 1. The van der Waals surface area contributed by atoms with Crippen molar-refractivity contribution in [2.45, 2.75) is 69.8 Å². The van der Waals surface area contributed by atoms with E-state index in [1.54, 1.807) is 36.1 Å². The maximum absolute atomic E-state index is 14.3. The summed E-state index contributed by atoms with van der Waals surface area (Å²) >= 11 is 14.4. The number of piperidine rings is 3. The van der Waals surface area contributed by atoms with Gasteiger partial charge in [-0.25, -0.2) is 9.59 Å². The number of hydrogen-bond donors (Lipinski definition) is 0. The van der Waals surface area contributed by atoms with Crippen LogP contribution in [0.5, 0.6) is 11.5 Å². The second kappa shape index (κ2) is 20.5. The summed E-state index contributed by atoms with van der Waals surface area (Å²) in [6.45, 7) is 5.94. The standard InChI is InChI=1S/C46H49Cl2F2N3O7S/c1-3-36(47)35(37(48)4-2)25-39(32-15-16-38(59-45(49)50)40(24-32)57-28-29-13-14-29)58-44(55)43-52(21-22-61-43)42(54)33-10-8-9-30(23-33)26-53(34-11-6-5-7-12-34)46(56)60-41-27-51-19-17-31(41)18-20-51/h3-12,15-16,23-24,29,31,39,41,43,45H,1,13-14,17-22,25-28H2,2H3/b36-35+,37-4+/t39-,41-,43-/m0/s1. The fourth-order valence-electron chi connectivity index (χ4n) is 7.87. The van der Waals surface area contributed by atoms with E-state index in [0.717, 1.165) is 45.3 Å². The van der Waals surface area contributed by atoms with Crippen LogP contribution >= 0.6 is 35.0 Å². The summed E-state index contributed by atoms with van der Waals surface area (Å²) in [6.07, 6.45) is 5.35. The van der Waals surface area contributed by atoms with Crippen LogP contribution < -0.4 is 14.4 Å². The van der Waals surface area contributed by atoms with Crippen molar-refractivity contribution in [3.63, 3.8) is 0 Å². The number of halogens is 4. The summed E-state index contributed by atoms with van der Waals surface area (Å²) in [5, 5.41) is -0.474. The number of nitrogens with zero attached hydrogens (tertiary/aromatic N) is 3. The summed E-state index contributed by atoms with van der Waals surface area (Å²) in [4.78, 5) is 47.7. The lowest BCUT2D eigenvalue weighted by atomic mass is 9.86. The molecule has 0 N–H and O–H groups in total. The molecular formula is C46H49Cl2F2N3O7S. The van der Waals surface area contributed by atoms with Crippen molar-refractivity contribution < 1.29 is 42.1 Å². The summed E-state index contributed by atoms with van der Waals surface area (Å²) in [5.74, 6) is -0.0301. The largest absolute Gasteiger partial charge is 0.489 e. The van der Waals surface area contributed by atoms with Crippen molar-refractivity contribution >= 4 is 58.6 Å². The zero-order chi connectivity index (χ0) is 43.0. The number of fused-ring (bicyclic) bond motifs is 3. The van der Waals surface area contributed by atoms with Gasteiger partial charge in [0.15, 0.2) is 16.9 Å². The van der Waals surface area contributed by atoms with Gasteiger partial charge in [-0.1, -0.05) is 78.3 Å². The predicted molar refractivity (Wildman–Crippen MR) is 233 cm³/mol. The third kappa shape index (κ3) is 11.3. The van der Waals surface area contributed by atoms with Crippen molar-refractivity contribution in [1.82, 2.24) is 9.80 Å². The van der Waals surface area contributed by atoms with E-state index in [9.17, 15) is 23.2 Å². The van der Waals surface area contributed by atoms with Crippen LogP contribution in [0.3, 0.4) is 0 Å². The number of para-hydroxylation sites is 1. The number of ether oxygens (including phenoxy) is 4. The first kappa shape index (κ1) is 44.5. The average Bonchev–Trinajstić information content (AvgIpc) is 3.98. The molecule has 3 aromatic carbocycles. The van der Waals surface area contributed by atoms with Gasteiger partial charge in [0.05, 0.1) is 13.2 Å². The normalized spacial score (nSPS) is 22.0. The highest BCUT2D eigenvalue weighted by Gasteiger charge is 2.40. The number of carbonyl (C=O) groups is 3. The monoisotopic (exact) mass is 895 g/mol. The van der Waals surface area contributed by atoms with Crippen LogP contribution in [-0.2, 0) is 20.8 Å². The van der Waals surface area contributed by atoms with E-state index < -0.39 is 30.2 Å². The number of anilines is 1. The van der Waals surface area contributed by atoms with Crippen LogP contribution in [0, 0.1) is 11.8 Å². The molecule has 15 heteroatoms. The molecule has 4 aliphatic heterocycles. The third-order valence-corrected chi connectivity index (χ3v) is 13.4. The van der Waals surface area contributed by atoms with Gasteiger partial charge in [-0.3, -0.25) is 14.6 Å². The van der Waals surface area contributed by atoms with Crippen LogP contribution in [0.2, 0.25) is 0 Å². The molecule has 0 spiro atoms. The van der Waals surface area contributed by atoms with Gasteiger partial charge >= 0.3 is 18.7 Å². The van der Waals surface area contributed by atoms with Gasteiger partial charge in [-0.05, 0) is 111 Å². The topological polar surface area (TPSA) is 97.9 Å². The Morgan fingerprint density at radius 1 is 0.967 bits per heavy atom. The molecule has 0 aromatic heterocycles. The van der Waals surface area contributed by atoms with Gasteiger partial charge < -0.3 is 23.8 Å². The molecule has 4 heterocycles. The molecule has 1 aliphatic carbocycles. The van der Waals surface area contributed by atoms with Crippen LogP contribution in [0.15, 0.2) is 107 Å². The quantitative estimate of drug-likeness (QED) is 0.0969. The van der Waals surface area contributed by atoms with Gasteiger partial charge in [0.2, 0.25) is 0 Å². The number of hydrogen-bond acceptors (Lipinski definition) is 9. The molecule has 0 radical (unpaired) electrons. The number of alkyl halides is 2. The Balaban J connectivity index is 1.11. The first-order valence-electron chi connectivity index (χ1n) is 20.5. The van der Waals surface area contributed by atoms with Crippen molar-refractivity contribution in [1.29, 1.82) is 0 Å². The van der Waals surface area contributed by atoms with E-state index in [0.29, 0.717) is 57.2 Å². The maximum atomic E-state index is 14.3. The molecule has 5 aliphatic rings. The Labute approximate surface area is 369 Å². The fourth-order valence-corrected chi connectivity index (χ4v) is 9.38. The molecule has 1 saturated carbocycles. The smallest absolute Gasteiger partial charge is 0.414 e. The Hall–Kier alpha value is -4.56. The van der Waals surface area contributed by atoms with Crippen molar-refractivity contribution in [3.8, 4) is 11.5 Å². The molecule has 324 valence electrons. The van der Waals surface area contributed by atoms with Crippen molar-refractivity contribution in [2.75, 3.05) is 43.4 Å². The molecule has 2 bridgehead atoms. The van der Waals surface area contributed by atoms with E-state index >= 15 is 0 Å². The molecule has 61 heavy (non-hydrogen) atoms. The zero-order valence-corrected chi connectivity index (χ0v) is 36.2. The van der Waals surface area contributed by atoms with Gasteiger partial charge in [0.25, 0.3) is 5.91 Å². The molecular weight excluding hydrogens is 847 g/mol. The van der Waals surface area contributed by atoms with Crippen molar-refractivity contribution in [3.05, 3.63) is 124 Å². The third-order valence-electron chi connectivity index (χ3n) is 11.4. The van der Waals surface area contributed by atoms with E-state index in [1.807, 2.05) is 36.4 Å². The second-order valence-electron chi connectivity index (χ2n) is 15.5. The predicted octanol–water partition coefficient (Wildman–Crippen LogP) is 10.3. The minimum Gasteiger partial charge on any atom is -0.489 e. The first-order chi connectivity index (χ1) is 29.5. The number of esters is 1. The second-order valence-corrected chi connectivity index (χ2v) is 17.5. The van der Waals surface area contributed by atoms with E-state index in [2.05, 4.69) is 11.5 Å². The summed E-state index contributed by atoms with van der Waals surface area (Å²) in [6, 6.07) is 20.7. The van der Waals surface area contributed by atoms with Crippen LogP contribution in [-0.4, -0.2) is 84.4 Å². The van der Waals surface area contributed by atoms with E-state index in [4.69, 9.17) is 42.1 Å². The van der Waals surface area contributed by atoms with Gasteiger partial charge in [0, 0.05) is 46.6 Å². The Bertz CT molecular complexity index is 2130.